The Hall–Kier alpha value is -2.05. The minimum absolute atomic E-state index is 0.0826. The van der Waals surface area contributed by atoms with Crippen LogP contribution in [0.4, 0.5) is 10.5 Å². The number of rotatable bonds is 9. The van der Waals surface area contributed by atoms with Crippen LogP contribution in [0.25, 0.3) is 0 Å². The van der Waals surface area contributed by atoms with E-state index in [0.717, 1.165) is 57.9 Å². The summed E-state index contributed by atoms with van der Waals surface area (Å²) in [5.74, 6) is 1.63. The highest BCUT2D eigenvalue weighted by molar-refractivity contribution is 6.30. The Morgan fingerprint density at radius 1 is 1.20 bits per heavy atom. The first-order chi connectivity index (χ1) is 16.8. The number of hydrogen-bond acceptors (Lipinski definition) is 3. The number of anilines is 1. The summed E-state index contributed by atoms with van der Waals surface area (Å²) in [5.41, 5.74) is 2.46. The largest absolute Gasteiger partial charge is 0.340 e. The predicted octanol–water partition coefficient (Wildman–Crippen LogP) is 5.50. The monoisotopic (exact) mass is 500 g/mol. The Kier molecular flexibility index (Phi) is 8.43. The van der Waals surface area contributed by atoms with Crippen molar-refractivity contribution in [2.24, 2.45) is 17.3 Å². The summed E-state index contributed by atoms with van der Waals surface area (Å²) in [5, 5.41) is 3.66. The molecule has 1 saturated heterocycles. The quantitative estimate of drug-likeness (QED) is 0.455. The smallest absolute Gasteiger partial charge is 0.322 e. The predicted molar refractivity (Wildman–Crippen MR) is 143 cm³/mol. The highest BCUT2D eigenvalue weighted by Gasteiger charge is 2.51. The van der Waals surface area contributed by atoms with Gasteiger partial charge < -0.3 is 15.1 Å². The van der Waals surface area contributed by atoms with Gasteiger partial charge in [0.05, 0.1) is 0 Å². The molecule has 1 N–H and O–H groups in total. The molecule has 0 spiro atoms. The Morgan fingerprint density at radius 2 is 1.97 bits per heavy atom. The number of nitrogens with one attached hydrogen (secondary N) is 1. The van der Waals surface area contributed by atoms with Gasteiger partial charge in [-0.25, -0.2) is 4.79 Å². The van der Waals surface area contributed by atoms with Crippen molar-refractivity contribution in [2.45, 2.75) is 52.9 Å². The molecule has 0 radical (unpaired) electrons. The molecule has 7 heteroatoms. The van der Waals surface area contributed by atoms with Crippen LogP contribution in [0.3, 0.4) is 0 Å². The summed E-state index contributed by atoms with van der Waals surface area (Å²) in [4.78, 5) is 32.1. The molecule has 6 nitrogen and oxygen atoms in total. The van der Waals surface area contributed by atoms with Crippen LogP contribution in [0.15, 0.2) is 35.9 Å². The van der Waals surface area contributed by atoms with Gasteiger partial charge >= 0.3 is 6.03 Å². The van der Waals surface area contributed by atoms with E-state index in [2.05, 4.69) is 37.1 Å². The van der Waals surface area contributed by atoms with Gasteiger partial charge in [0.15, 0.2) is 0 Å². The standard InChI is InChI=1S/C28H41ClN4O2/c1-4-5-9-26(34)32-15-12-31(13-16-32)14-17-33(27(35)30-24-8-6-7-23(29)19-24)20-21-10-11-22-18-25(21)28(22,2)3/h6-8,10,19,22,25H,4-5,9,11-18,20H2,1-3H3,(H,30,35). The molecular formula is C28H41ClN4O2. The summed E-state index contributed by atoms with van der Waals surface area (Å²) >= 11 is 6.14. The van der Waals surface area contributed by atoms with Gasteiger partial charge in [-0.15, -0.1) is 0 Å². The van der Waals surface area contributed by atoms with Crippen molar-refractivity contribution >= 4 is 29.2 Å². The molecule has 5 rings (SSSR count). The number of allylic oxidation sites excluding steroid dienone is 1. The van der Waals surface area contributed by atoms with Gasteiger partial charge in [0.1, 0.15) is 0 Å². The maximum Gasteiger partial charge on any atom is 0.322 e. The molecule has 2 bridgehead atoms. The van der Waals surface area contributed by atoms with Crippen LogP contribution in [0.1, 0.15) is 52.9 Å². The molecule has 2 atom stereocenters. The van der Waals surface area contributed by atoms with Crippen molar-refractivity contribution in [3.8, 4) is 0 Å². The van der Waals surface area contributed by atoms with Gasteiger partial charge in [-0.3, -0.25) is 9.69 Å². The third-order valence-electron chi connectivity index (χ3n) is 8.47. The minimum atomic E-state index is -0.0826. The maximum atomic E-state index is 13.4. The average Bonchev–Trinajstić information content (AvgIpc) is 2.85. The van der Waals surface area contributed by atoms with Crippen molar-refractivity contribution in [2.75, 3.05) is 51.1 Å². The molecule has 1 aromatic carbocycles. The zero-order valence-corrected chi connectivity index (χ0v) is 22.3. The SMILES string of the molecule is CCCCC(=O)N1CCN(CCN(CC2=CCC3CC2C3(C)C)C(=O)Nc2cccc(Cl)c2)CC1. The van der Waals surface area contributed by atoms with Gasteiger partial charge in [0.25, 0.3) is 0 Å². The molecule has 35 heavy (non-hydrogen) atoms. The van der Waals surface area contributed by atoms with E-state index in [1.165, 1.54) is 12.0 Å². The first kappa shape index (κ1) is 26.0. The van der Waals surface area contributed by atoms with Crippen molar-refractivity contribution < 1.29 is 9.59 Å². The number of hydrogen-bond donors (Lipinski definition) is 1. The molecule has 0 aromatic heterocycles. The second kappa shape index (κ2) is 11.3. The number of piperazine rings is 1. The topological polar surface area (TPSA) is 55.9 Å². The molecular weight excluding hydrogens is 460 g/mol. The van der Waals surface area contributed by atoms with Crippen LogP contribution < -0.4 is 5.32 Å². The van der Waals surface area contributed by atoms with Crippen molar-refractivity contribution in [1.82, 2.24) is 14.7 Å². The second-order valence-electron chi connectivity index (χ2n) is 11.0. The lowest BCUT2D eigenvalue weighted by Crippen LogP contribution is -2.52. The van der Waals surface area contributed by atoms with Crippen LogP contribution in [0.5, 0.6) is 0 Å². The average molecular weight is 501 g/mol. The summed E-state index contributed by atoms with van der Waals surface area (Å²) < 4.78 is 0. The molecule has 1 aliphatic heterocycles. The van der Waals surface area contributed by atoms with Crippen LogP contribution in [-0.4, -0.2) is 72.5 Å². The summed E-state index contributed by atoms with van der Waals surface area (Å²) in [7, 11) is 0. The third-order valence-corrected chi connectivity index (χ3v) is 8.71. The van der Waals surface area contributed by atoms with E-state index in [1.807, 2.05) is 28.0 Å². The molecule has 1 saturated carbocycles. The van der Waals surface area contributed by atoms with Crippen LogP contribution in [-0.2, 0) is 4.79 Å². The zero-order chi connectivity index (χ0) is 25.0. The van der Waals surface area contributed by atoms with Crippen LogP contribution in [0.2, 0.25) is 5.02 Å². The number of unbranched alkanes of at least 4 members (excludes halogenated alkanes) is 1. The van der Waals surface area contributed by atoms with Gasteiger partial charge in [0, 0.05) is 62.9 Å². The van der Waals surface area contributed by atoms with E-state index in [-0.39, 0.29) is 11.9 Å². The lowest BCUT2D eigenvalue weighted by molar-refractivity contribution is -0.133. The Balaban J connectivity index is 1.36. The summed E-state index contributed by atoms with van der Waals surface area (Å²) in [6.45, 7) is 12.3. The Morgan fingerprint density at radius 3 is 2.63 bits per heavy atom. The number of amides is 3. The van der Waals surface area contributed by atoms with Gasteiger partial charge in [0.2, 0.25) is 5.91 Å². The van der Waals surface area contributed by atoms with E-state index in [0.29, 0.717) is 41.6 Å². The van der Waals surface area contributed by atoms with Gasteiger partial charge in [-0.05, 0) is 54.7 Å². The molecule has 4 aliphatic rings. The molecule has 2 unspecified atom stereocenters. The van der Waals surface area contributed by atoms with E-state index in [9.17, 15) is 9.59 Å². The number of nitrogens with zero attached hydrogens (tertiary/aromatic N) is 3. The number of halogens is 1. The van der Waals surface area contributed by atoms with E-state index < -0.39 is 0 Å². The fourth-order valence-electron chi connectivity index (χ4n) is 5.87. The highest BCUT2D eigenvalue weighted by atomic mass is 35.5. The minimum Gasteiger partial charge on any atom is -0.340 e. The first-order valence-electron chi connectivity index (χ1n) is 13.3. The molecule has 2 fully saturated rings. The van der Waals surface area contributed by atoms with E-state index in [1.54, 1.807) is 6.07 Å². The number of carbonyl (C=O) groups is 2. The third kappa shape index (κ3) is 6.21. The fraction of sp³-hybridized carbons (Fsp3) is 0.643. The first-order valence-corrected chi connectivity index (χ1v) is 13.7. The van der Waals surface area contributed by atoms with E-state index >= 15 is 0 Å². The second-order valence-corrected chi connectivity index (χ2v) is 11.4. The zero-order valence-electron chi connectivity index (χ0n) is 21.6. The van der Waals surface area contributed by atoms with E-state index in [4.69, 9.17) is 11.6 Å². The summed E-state index contributed by atoms with van der Waals surface area (Å²) in [6, 6.07) is 7.23. The molecule has 1 aromatic rings. The lowest BCUT2D eigenvalue weighted by atomic mass is 9.49. The van der Waals surface area contributed by atoms with Crippen LogP contribution in [0, 0.1) is 17.3 Å². The maximum absolute atomic E-state index is 13.4. The Labute approximate surface area is 215 Å². The van der Waals surface area contributed by atoms with Crippen molar-refractivity contribution in [3.63, 3.8) is 0 Å². The lowest BCUT2D eigenvalue weighted by Gasteiger charge is -2.57. The fourth-order valence-corrected chi connectivity index (χ4v) is 6.06. The molecule has 3 amide bonds. The highest BCUT2D eigenvalue weighted by Crippen LogP contribution is 2.59. The molecule has 1 heterocycles. The normalized spacial score (nSPS) is 23.3. The van der Waals surface area contributed by atoms with Crippen molar-refractivity contribution in [3.05, 3.63) is 40.9 Å². The number of urea groups is 1. The Bertz CT molecular complexity index is 939. The number of fused-ring (bicyclic) bond motifs is 1. The van der Waals surface area contributed by atoms with Crippen molar-refractivity contribution in [1.29, 1.82) is 0 Å². The molecule has 3 aliphatic carbocycles. The number of carbonyl (C=O) groups excluding carboxylic acids is 2. The summed E-state index contributed by atoms with van der Waals surface area (Å²) in [6.07, 6.45) is 7.41. The van der Waals surface area contributed by atoms with Crippen LogP contribution >= 0.6 is 11.6 Å². The van der Waals surface area contributed by atoms with Gasteiger partial charge in [-0.2, -0.15) is 0 Å². The molecule has 192 valence electrons. The number of benzene rings is 1. The van der Waals surface area contributed by atoms with Gasteiger partial charge in [-0.1, -0.05) is 56.5 Å².